The molecule has 0 aliphatic heterocycles. The fourth-order valence-corrected chi connectivity index (χ4v) is 2.24. The monoisotopic (exact) mass is 323 g/mol. The topological polar surface area (TPSA) is 60.7 Å². The van der Waals surface area contributed by atoms with E-state index in [9.17, 15) is 4.79 Å². The third-order valence-electron chi connectivity index (χ3n) is 3.09. The SMILES string of the molecule is CCOc1ccc([C@H](COC)NC(=O)c2ccoc2Cl)cc1. The van der Waals surface area contributed by atoms with Crippen LogP contribution in [0.15, 0.2) is 41.0 Å². The lowest BCUT2D eigenvalue weighted by Gasteiger charge is -2.18. The number of carbonyl (C=O) groups is 1. The zero-order valence-corrected chi connectivity index (χ0v) is 13.2. The van der Waals surface area contributed by atoms with Gasteiger partial charge in [-0.3, -0.25) is 4.79 Å². The van der Waals surface area contributed by atoms with E-state index in [0.29, 0.717) is 18.8 Å². The number of nitrogens with one attached hydrogen (secondary N) is 1. The Morgan fingerprint density at radius 3 is 2.59 bits per heavy atom. The molecule has 5 nitrogen and oxygen atoms in total. The molecule has 118 valence electrons. The highest BCUT2D eigenvalue weighted by atomic mass is 35.5. The van der Waals surface area contributed by atoms with Crippen molar-refractivity contribution in [3.63, 3.8) is 0 Å². The molecule has 0 aliphatic rings. The number of hydrogen-bond donors (Lipinski definition) is 1. The van der Waals surface area contributed by atoms with Gasteiger partial charge < -0.3 is 19.2 Å². The van der Waals surface area contributed by atoms with E-state index < -0.39 is 0 Å². The van der Waals surface area contributed by atoms with E-state index in [1.807, 2.05) is 31.2 Å². The largest absolute Gasteiger partial charge is 0.494 e. The fraction of sp³-hybridized carbons (Fsp3) is 0.312. The van der Waals surface area contributed by atoms with E-state index in [0.717, 1.165) is 11.3 Å². The van der Waals surface area contributed by atoms with Crippen molar-refractivity contribution in [2.24, 2.45) is 0 Å². The molecule has 0 radical (unpaired) electrons. The van der Waals surface area contributed by atoms with Crippen LogP contribution < -0.4 is 10.1 Å². The van der Waals surface area contributed by atoms with Crippen molar-refractivity contribution in [2.45, 2.75) is 13.0 Å². The normalized spacial score (nSPS) is 12.0. The van der Waals surface area contributed by atoms with Gasteiger partial charge in [0.2, 0.25) is 5.22 Å². The summed E-state index contributed by atoms with van der Waals surface area (Å²) < 4.78 is 15.5. The second kappa shape index (κ2) is 7.87. The smallest absolute Gasteiger partial charge is 0.256 e. The molecular weight excluding hydrogens is 306 g/mol. The standard InChI is InChI=1S/C16H18ClNO4/c1-3-21-12-6-4-11(5-7-12)14(10-20-2)18-16(19)13-8-9-22-15(13)17/h4-9,14H,3,10H2,1-2H3,(H,18,19)/t14-/m0/s1. The molecule has 2 aromatic rings. The molecule has 2 rings (SSSR count). The first kappa shape index (κ1) is 16.4. The fourth-order valence-electron chi connectivity index (χ4n) is 2.04. The maximum atomic E-state index is 12.2. The van der Waals surface area contributed by atoms with E-state index >= 15 is 0 Å². The summed E-state index contributed by atoms with van der Waals surface area (Å²) >= 11 is 5.82. The first-order valence-corrected chi connectivity index (χ1v) is 7.29. The zero-order valence-electron chi connectivity index (χ0n) is 12.5. The third-order valence-corrected chi connectivity index (χ3v) is 3.39. The quantitative estimate of drug-likeness (QED) is 0.847. The van der Waals surface area contributed by atoms with Crippen LogP contribution in [0.1, 0.15) is 28.9 Å². The molecule has 0 fully saturated rings. The summed E-state index contributed by atoms with van der Waals surface area (Å²) in [6, 6.07) is 8.74. The van der Waals surface area contributed by atoms with Crippen LogP contribution in [0, 0.1) is 0 Å². The second-order valence-electron chi connectivity index (χ2n) is 4.59. The molecule has 6 heteroatoms. The minimum Gasteiger partial charge on any atom is -0.494 e. The molecule has 1 aromatic carbocycles. The number of benzene rings is 1. The van der Waals surface area contributed by atoms with Crippen molar-refractivity contribution >= 4 is 17.5 Å². The predicted octanol–water partition coefficient (Wildman–Crippen LogP) is 3.45. The van der Waals surface area contributed by atoms with Crippen LogP contribution in [0.3, 0.4) is 0 Å². The van der Waals surface area contributed by atoms with Crippen LogP contribution in [0.4, 0.5) is 0 Å². The molecule has 1 heterocycles. The van der Waals surface area contributed by atoms with Crippen molar-refractivity contribution in [3.8, 4) is 5.75 Å². The van der Waals surface area contributed by atoms with E-state index in [1.165, 1.54) is 12.3 Å². The van der Waals surface area contributed by atoms with E-state index in [2.05, 4.69) is 5.32 Å². The van der Waals surface area contributed by atoms with Crippen LogP contribution in [0.5, 0.6) is 5.75 Å². The van der Waals surface area contributed by atoms with Gasteiger partial charge in [-0.1, -0.05) is 12.1 Å². The Balaban J connectivity index is 2.12. The van der Waals surface area contributed by atoms with Gasteiger partial charge in [0.1, 0.15) is 5.75 Å². The summed E-state index contributed by atoms with van der Waals surface area (Å²) in [6.07, 6.45) is 1.37. The zero-order chi connectivity index (χ0) is 15.9. The summed E-state index contributed by atoms with van der Waals surface area (Å²) in [5, 5.41) is 2.95. The van der Waals surface area contributed by atoms with Gasteiger partial charge in [-0.05, 0) is 42.3 Å². The molecule has 0 spiro atoms. The van der Waals surface area contributed by atoms with Gasteiger partial charge in [0.25, 0.3) is 5.91 Å². The summed E-state index contributed by atoms with van der Waals surface area (Å²) in [5.74, 6) is 0.473. The highest BCUT2D eigenvalue weighted by Gasteiger charge is 2.19. The Kier molecular flexibility index (Phi) is 5.86. The van der Waals surface area contributed by atoms with Gasteiger partial charge in [-0.25, -0.2) is 0 Å². The summed E-state index contributed by atoms with van der Waals surface area (Å²) in [5.41, 5.74) is 1.21. The lowest BCUT2D eigenvalue weighted by atomic mass is 10.1. The highest BCUT2D eigenvalue weighted by Crippen LogP contribution is 2.21. The average Bonchev–Trinajstić information content (AvgIpc) is 2.94. The first-order chi connectivity index (χ1) is 10.7. The van der Waals surface area contributed by atoms with Gasteiger partial charge in [0, 0.05) is 7.11 Å². The van der Waals surface area contributed by atoms with Crippen LogP contribution in [0.25, 0.3) is 0 Å². The number of carbonyl (C=O) groups excluding carboxylic acids is 1. The average molecular weight is 324 g/mol. The Morgan fingerprint density at radius 2 is 2.05 bits per heavy atom. The number of rotatable bonds is 7. The molecule has 1 aromatic heterocycles. The van der Waals surface area contributed by atoms with Gasteiger partial charge in [0.15, 0.2) is 0 Å². The molecule has 1 atom stereocenters. The highest BCUT2D eigenvalue weighted by molar-refractivity contribution is 6.32. The number of methoxy groups -OCH3 is 1. The predicted molar refractivity (Wildman–Crippen MR) is 83.4 cm³/mol. The molecular formula is C16H18ClNO4. The Hall–Kier alpha value is -1.98. The molecule has 22 heavy (non-hydrogen) atoms. The summed E-state index contributed by atoms with van der Waals surface area (Å²) in [4.78, 5) is 12.2. The molecule has 0 unspecified atom stereocenters. The van der Waals surface area contributed by atoms with Crippen molar-refractivity contribution in [1.29, 1.82) is 0 Å². The number of furan rings is 1. The molecule has 1 amide bonds. The maximum absolute atomic E-state index is 12.2. The van der Waals surface area contributed by atoms with Crippen LogP contribution in [-0.4, -0.2) is 26.2 Å². The second-order valence-corrected chi connectivity index (χ2v) is 4.93. The number of hydrogen-bond acceptors (Lipinski definition) is 4. The van der Waals surface area contributed by atoms with Crippen molar-refractivity contribution in [3.05, 3.63) is 52.9 Å². The van der Waals surface area contributed by atoms with Gasteiger partial charge in [-0.2, -0.15) is 0 Å². The Labute approximate surface area is 134 Å². The van der Waals surface area contributed by atoms with E-state index in [4.69, 9.17) is 25.5 Å². The summed E-state index contributed by atoms with van der Waals surface area (Å²) in [6.45, 7) is 2.88. The number of ether oxygens (including phenoxy) is 2. The van der Waals surface area contributed by atoms with Crippen LogP contribution >= 0.6 is 11.6 Å². The lowest BCUT2D eigenvalue weighted by Crippen LogP contribution is -2.31. The third kappa shape index (κ3) is 4.02. The molecule has 0 saturated carbocycles. The Bertz CT molecular complexity index is 609. The van der Waals surface area contributed by atoms with E-state index in [1.54, 1.807) is 7.11 Å². The molecule has 0 bridgehead atoms. The molecule has 0 saturated heterocycles. The number of halogens is 1. The van der Waals surface area contributed by atoms with Gasteiger partial charge in [-0.15, -0.1) is 0 Å². The number of amides is 1. The van der Waals surface area contributed by atoms with Gasteiger partial charge in [0.05, 0.1) is 31.1 Å². The Morgan fingerprint density at radius 1 is 1.32 bits per heavy atom. The minimum absolute atomic E-state index is 0.0698. The van der Waals surface area contributed by atoms with Crippen LogP contribution in [0.2, 0.25) is 5.22 Å². The van der Waals surface area contributed by atoms with E-state index in [-0.39, 0.29) is 17.2 Å². The maximum Gasteiger partial charge on any atom is 0.256 e. The first-order valence-electron chi connectivity index (χ1n) is 6.91. The molecule has 0 aliphatic carbocycles. The van der Waals surface area contributed by atoms with Crippen molar-refractivity contribution in [2.75, 3.05) is 20.3 Å². The minimum atomic E-state index is -0.310. The lowest BCUT2D eigenvalue weighted by molar-refractivity contribution is 0.0896. The molecule has 1 N–H and O–H groups in total. The summed E-state index contributed by atoms with van der Waals surface area (Å²) in [7, 11) is 1.58. The van der Waals surface area contributed by atoms with Gasteiger partial charge >= 0.3 is 0 Å². The van der Waals surface area contributed by atoms with Crippen LogP contribution in [-0.2, 0) is 4.74 Å². The van der Waals surface area contributed by atoms with Crippen molar-refractivity contribution in [1.82, 2.24) is 5.32 Å². The van der Waals surface area contributed by atoms with Crippen molar-refractivity contribution < 1.29 is 18.7 Å².